The Balaban J connectivity index is 1.41. The van der Waals surface area contributed by atoms with Gasteiger partial charge in [0, 0.05) is 38.4 Å². The number of hydrogen-bond donors (Lipinski definition) is 1. The molecule has 2 amide bonds. The van der Waals surface area contributed by atoms with E-state index in [0.717, 1.165) is 66.5 Å². The first kappa shape index (κ1) is 24.8. The lowest BCUT2D eigenvalue weighted by Gasteiger charge is -2.30. The molecule has 0 atom stereocenters. The van der Waals surface area contributed by atoms with Gasteiger partial charge < -0.3 is 19.7 Å². The second-order valence-corrected chi connectivity index (χ2v) is 8.99. The number of nitrogens with one attached hydrogen (secondary N) is 1. The van der Waals surface area contributed by atoms with Gasteiger partial charge in [-0.3, -0.25) is 4.90 Å². The van der Waals surface area contributed by atoms with Gasteiger partial charge in [-0.2, -0.15) is 0 Å². The summed E-state index contributed by atoms with van der Waals surface area (Å²) in [7, 11) is 0. The molecular weight excluding hydrogens is 438 g/mol. The normalized spacial score (nSPS) is 13.9. The third-order valence-electron chi connectivity index (χ3n) is 6.34. The van der Waals surface area contributed by atoms with Crippen LogP contribution in [0.3, 0.4) is 0 Å². The van der Waals surface area contributed by atoms with Crippen LogP contribution in [0.2, 0.25) is 0 Å². The molecule has 6 heteroatoms. The van der Waals surface area contributed by atoms with Gasteiger partial charge in [-0.05, 0) is 48.2 Å². The molecule has 0 bridgehead atoms. The number of amides is 2. The highest BCUT2D eigenvalue weighted by atomic mass is 16.5. The van der Waals surface area contributed by atoms with Crippen molar-refractivity contribution in [1.82, 2.24) is 9.80 Å². The number of carbonyl (C=O) groups excluding carboxylic acids is 1. The van der Waals surface area contributed by atoms with E-state index in [2.05, 4.69) is 22.3 Å². The monoisotopic (exact) mass is 473 g/mol. The van der Waals surface area contributed by atoms with Crippen molar-refractivity contribution in [3.8, 4) is 5.75 Å². The van der Waals surface area contributed by atoms with E-state index in [9.17, 15) is 4.79 Å². The van der Waals surface area contributed by atoms with Crippen molar-refractivity contribution >= 4 is 11.7 Å². The predicted octanol–water partition coefficient (Wildman–Crippen LogP) is 5.25. The highest BCUT2D eigenvalue weighted by Crippen LogP contribution is 2.21. The minimum absolute atomic E-state index is 0.0833. The van der Waals surface area contributed by atoms with Crippen molar-refractivity contribution in [1.29, 1.82) is 0 Å². The maximum atomic E-state index is 13.4. The smallest absolute Gasteiger partial charge is 0.322 e. The Kier molecular flexibility index (Phi) is 8.76. The number of anilines is 1. The van der Waals surface area contributed by atoms with Gasteiger partial charge in [-0.25, -0.2) is 4.79 Å². The van der Waals surface area contributed by atoms with Crippen LogP contribution in [0.25, 0.3) is 0 Å². The SMILES string of the molecule is Cc1cccc(C)c1NC(=O)N(CCN1CCOCC1)Cc1ccc(OCc2ccccc2)cc1. The highest BCUT2D eigenvalue weighted by Gasteiger charge is 2.18. The first-order valence-electron chi connectivity index (χ1n) is 12.3. The van der Waals surface area contributed by atoms with Crippen molar-refractivity contribution in [3.05, 3.63) is 95.1 Å². The van der Waals surface area contributed by atoms with Gasteiger partial charge >= 0.3 is 6.03 Å². The van der Waals surface area contributed by atoms with Gasteiger partial charge in [0.1, 0.15) is 12.4 Å². The van der Waals surface area contributed by atoms with Gasteiger partial charge in [0.25, 0.3) is 0 Å². The lowest BCUT2D eigenvalue weighted by molar-refractivity contribution is 0.0349. The van der Waals surface area contributed by atoms with E-state index >= 15 is 0 Å². The molecule has 3 aromatic rings. The van der Waals surface area contributed by atoms with Crippen LogP contribution in [0.15, 0.2) is 72.8 Å². The van der Waals surface area contributed by atoms with Gasteiger partial charge in [0.05, 0.1) is 13.2 Å². The standard InChI is InChI=1S/C29H35N3O3/c1-23-7-6-8-24(2)28(23)30-29(33)32(16-15-31-17-19-34-20-18-31)21-25-11-13-27(14-12-25)35-22-26-9-4-3-5-10-26/h3-14H,15-22H2,1-2H3,(H,30,33). The van der Waals surface area contributed by atoms with Crippen molar-refractivity contribution in [2.45, 2.75) is 27.0 Å². The lowest BCUT2D eigenvalue weighted by Crippen LogP contribution is -2.44. The summed E-state index contributed by atoms with van der Waals surface area (Å²) in [4.78, 5) is 17.6. The summed E-state index contributed by atoms with van der Waals surface area (Å²) < 4.78 is 11.4. The molecule has 0 aliphatic carbocycles. The molecule has 3 aromatic carbocycles. The largest absolute Gasteiger partial charge is 0.489 e. The maximum Gasteiger partial charge on any atom is 0.322 e. The Morgan fingerprint density at radius 2 is 1.60 bits per heavy atom. The van der Waals surface area contributed by atoms with Gasteiger partial charge in [0.15, 0.2) is 0 Å². The molecule has 1 saturated heterocycles. The summed E-state index contributed by atoms with van der Waals surface area (Å²) in [5.74, 6) is 0.817. The third-order valence-corrected chi connectivity index (χ3v) is 6.34. The number of urea groups is 1. The Hall–Kier alpha value is -3.35. The van der Waals surface area contributed by atoms with Crippen LogP contribution in [-0.4, -0.2) is 55.2 Å². The molecule has 0 radical (unpaired) electrons. The number of ether oxygens (including phenoxy) is 2. The van der Waals surface area contributed by atoms with E-state index in [1.54, 1.807) is 0 Å². The van der Waals surface area contributed by atoms with Crippen LogP contribution in [0.1, 0.15) is 22.3 Å². The topological polar surface area (TPSA) is 54.0 Å². The zero-order valence-electron chi connectivity index (χ0n) is 20.7. The molecule has 0 aromatic heterocycles. The van der Waals surface area contributed by atoms with E-state index in [4.69, 9.17) is 9.47 Å². The first-order valence-corrected chi connectivity index (χ1v) is 12.3. The van der Waals surface area contributed by atoms with Crippen molar-refractivity contribution in [3.63, 3.8) is 0 Å². The molecule has 1 N–H and O–H groups in total. The minimum Gasteiger partial charge on any atom is -0.489 e. The second kappa shape index (κ2) is 12.4. The second-order valence-electron chi connectivity index (χ2n) is 8.99. The highest BCUT2D eigenvalue weighted by molar-refractivity contribution is 5.91. The molecule has 1 aliphatic rings. The van der Waals surface area contributed by atoms with Crippen LogP contribution in [-0.2, 0) is 17.9 Å². The molecular formula is C29H35N3O3. The molecule has 1 heterocycles. The molecule has 1 aliphatic heterocycles. The van der Waals surface area contributed by atoms with Crippen LogP contribution in [0, 0.1) is 13.8 Å². The van der Waals surface area contributed by atoms with Crippen LogP contribution < -0.4 is 10.1 Å². The quantitative estimate of drug-likeness (QED) is 0.461. The molecule has 4 rings (SSSR count). The number of rotatable bonds is 9. The number of para-hydroxylation sites is 1. The summed E-state index contributed by atoms with van der Waals surface area (Å²) in [6, 6.07) is 24.1. The van der Waals surface area contributed by atoms with Gasteiger partial charge in [-0.1, -0.05) is 60.7 Å². The number of morpholine rings is 1. The number of aryl methyl sites for hydroxylation is 2. The average molecular weight is 474 g/mol. The fourth-order valence-electron chi connectivity index (χ4n) is 4.19. The molecule has 35 heavy (non-hydrogen) atoms. The summed E-state index contributed by atoms with van der Waals surface area (Å²) in [6.07, 6.45) is 0. The number of benzene rings is 3. The fourth-order valence-corrected chi connectivity index (χ4v) is 4.19. The Labute approximate surface area is 208 Å². The van der Waals surface area contributed by atoms with Crippen LogP contribution in [0.5, 0.6) is 5.75 Å². The maximum absolute atomic E-state index is 13.4. The van der Waals surface area contributed by atoms with Crippen molar-refractivity contribution in [2.24, 2.45) is 0 Å². The van der Waals surface area contributed by atoms with E-state index in [1.807, 2.05) is 79.4 Å². The Morgan fingerprint density at radius 3 is 2.29 bits per heavy atom. The molecule has 6 nitrogen and oxygen atoms in total. The average Bonchev–Trinajstić information content (AvgIpc) is 2.89. The van der Waals surface area contributed by atoms with Gasteiger partial charge in [-0.15, -0.1) is 0 Å². The van der Waals surface area contributed by atoms with E-state index in [-0.39, 0.29) is 6.03 Å². The van der Waals surface area contributed by atoms with Crippen LogP contribution >= 0.6 is 0 Å². The third kappa shape index (κ3) is 7.31. The van der Waals surface area contributed by atoms with E-state index in [0.29, 0.717) is 19.7 Å². The molecule has 0 saturated carbocycles. The number of nitrogens with zero attached hydrogens (tertiary/aromatic N) is 2. The summed E-state index contributed by atoms with van der Waals surface area (Å²) >= 11 is 0. The molecule has 0 unspecified atom stereocenters. The van der Waals surface area contributed by atoms with E-state index < -0.39 is 0 Å². The minimum atomic E-state index is -0.0833. The van der Waals surface area contributed by atoms with Crippen molar-refractivity contribution in [2.75, 3.05) is 44.7 Å². The summed E-state index contributed by atoms with van der Waals surface area (Å²) in [5.41, 5.74) is 5.21. The molecule has 184 valence electrons. The zero-order valence-corrected chi connectivity index (χ0v) is 20.7. The number of carbonyl (C=O) groups is 1. The first-order chi connectivity index (χ1) is 17.1. The summed E-state index contributed by atoms with van der Waals surface area (Å²) in [5, 5.41) is 3.16. The lowest BCUT2D eigenvalue weighted by atomic mass is 10.1. The number of hydrogen-bond acceptors (Lipinski definition) is 4. The van der Waals surface area contributed by atoms with Gasteiger partial charge in [0.2, 0.25) is 0 Å². The summed E-state index contributed by atoms with van der Waals surface area (Å²) in [6.45, 7) is 9.87. The fraction of sp³-hybridized carbons (Fsp3) is 0.345. The predicted molar refractivity (Wildman–Crippen MR) is 140 cm³/mol. The van der Waals surface area contributed by atoms with Crippen molar-refractivity contribution < 1.29 is 14.3 Å². The zero-order chi connectivity index (χ0) is 24.5. The molecule has 0 spiro atoms. The van der Waals surface area contributed by atoms with Crippen LogP contribution in [0.4, 0.5) is 10.5 Å². The Bertz CT molecular complexity index is 1060. The van der Waals surface area contributed by atoms with E-state index in [1.165, 1.54) is 0 Å². The Morgan fingerprint density at radius 1 is 0.914 bits per heavy atom. The molecule has 1 fully saturated rings.